The SMILES string of the molecule is CC(=N)/C(=C(/C)NCCO[Si](C)(C)C(C)(C)C)[N+](=O)[O-]. The summed E-state index contributed by atoms with van der Waals surface area (Å²) >= 11 is 0. The maximum Gasteiger partial charge on any atom is 0.308 e. The lowest BCUT2D eigenvalue weighted by Crippen LogP contribution is -2.42. The number of nitro groups is 1. The molecule has 0 amide bonds. The van der Waals surface area contributed by atoms with E-state index in [1.165, 1.54) is 6.92 Å². The van der Waals surface area contributed by atoms with Crippen LogP contribution in [0.1, 0.15) is 34.6 Å². The van der Waals surface area contributed by atoms with Crippen molar-refractivity contribution in [2.45, 2.75) is 52.8 Å². The molecule has 7 heteroatoms. The zero-order chi connectivity index (χ0) is 16.1. The van der Waals surface area contributed by atoms with E-state index in [1.807, 2.05) is 0 Å². The molecule has 0 unspecified atom stereocenters. The first-order chi connectivity index (χ1) is 8.90. The maximum atomic E-state index is 10.8. The predicted molar refractivity (Wildman–Crippen MR) is 84.2 cm³/mol. The van der Waals surface area contributed by atoms with Crippen LogP contribution in [0.5, 0.6) is 0 Å². The molecule has 116 valence electrons. The van der Waals surface area contributed by atoms with Crippen LogP contribution in [0.25, 0.3) is 0 Å². The van der Waals surface area contributed by atoms with Gasteiger partial charge in [0.1, 0.15) is 5.71 Å². The van der Waals surface area contributed by atoms with Crippen LogP contribution in [0.4, 0.5) is 0 Å². The largest absolute Gasteiger partial charge is 0.415 e. The fraction of sp³-hybridized carbons (Fsp3) is 0.769. The van der Waals surface area contributed by atoms with E-state index in [0.29, 0.717) is 18.8 Å². The van der Waals surface area contributed by atoms with Crippen molar-refractivity contribution in [2.24, 2.45) is 0 Å². The molecule has 0 saturated heterocycles. The molecule has 0 fully saturated rings. The fourth-order valence-electron chi connectivity index (χ4n) is 1.40. The van der Waals surface area contributed by atoms with Crippen LogP contribution < -0.4 is 5.32 Å². The number of nitrogens with one attached hydrogen (secondary N) is 2. The third-order valence-corrected chi connectivity index (χ3v) is 8.19. The molecule has 0 aliphatic carbocycles. The molecule has 0 heterocycles. The Morgan fingerprint density at radius 1 is 1.35 bits per heavy atom. The Morgan fingerprint density at radius 2 is 1.85 bits per heavy atom. The first-order valence-corrected chi connectivity index (χ1v) is 9.59. The molecule has 0 aromatic heterocycles. The summed E-state index contributed by atoms with van der Waals surface area (Å²) in [6.45, 7) is 14.9. The van der Waals surface area contributed by atoms with Crippen molar-refractivity contribution in [2.75, 3.05) is 13.2 Å². The zero-order valence-corrected chi connectivity index (χ0v) is 14.6. The molecular formula is C13H27N3O3Si. The average molecular weight is 301 g/mol. The second-order valence-corrected chi connectivity index (χ2v) is 11.2. The molecule has 0 bridgehead atoms. The third-order valence-electron chi connectivity index (χ3n) is 3.65. The van der Waals surface area contributed by atoms with E-state index in [4.69, 9.17) is 9.84 Å². The van der Waals surface area contributed by atoms with Gasteiger partial charge in [0.25, 0.3) is 0 Å². The summed E-state index contributed by atoms with van der Waals surface area (Å²) in [5, 5.41) is 21.4. The van der Waals surface area contributed by atoms with Crippen molar-refractivity contribution in [3.05, 3.63) is 21.5 Å². The lowest BCUT2D eigenvalue weighted by molar-refractivity contribution is -0.416. The monoisotopic (exact) mass is 301 g/mol. The van der Waals surface area contributed by atoms with Gasteiger partial charge in [-0.25, -0.2) is 0 Å². The van der Waals surface area contributed by atoms with Crippen molar-refractivity contribution in [1.82, 2.24) is 5.32 Å². The first-order valence-electron chi connectivity index (χ1n) is 6.69. The minimum Gasteiger partial charge on any atom is -0.415 e. The average Bonchev–Trinajstić information content (AvgIpc) is 2.21. The van der Waals surface area contributed by atoms with Crippen molar-refractivity contribution in [3.63, 3.8) is 0 Å². The number of nitrogens with zero attached hydrogens (tertiary/aromatic N) is 1. The Kier molecular flexibility index (Phi) is 6.56. The van der Waals surface area contributed by atoms with Gasteiger partial charge in [0.05, 0.1) is 17.2 Å². The van der Waals surface area contributed by atoms with Crippen LogP contribution in [0.15, 0.2) is 11.4 Å². The predicted octanol–water partition coefficient (Wildman–Crippen LogP) is 3.15. The Labute approximate surface area is 122 Å². The van der Waals surface area contributed by atoms with Gasteiger partial charge < -0.3 is 9.74 Å². The number of hydrogen-bond donors (Lipinski definition) is 2. The van der Waals surface area contributed by atoms with Crippen molar-refractivity contribution in [3.8, 4) is 0 Å². The Bertz CT molecular complexity index is 396. The van der Waals surface area contributed by atoms with E-state index in [9.17, 15) is 10.1 Å². The molecule has 6 nitrogen and oxygen atoms in total. The van der Waals surface area contributed by atoms with Gasteiger partial charge in [-0.2, -0.15) is 0 Å². The molecule has 0 rings (SSSR count). The quantitative estimate of drug-likeness (QED) is 0.248. The molecule has 0 aliphatic rings. The smallest absolute Gasteiger partial charge is 0.308 e. The highest BCUT2D eigenvalue weighted by atomic mass is 28.4. The van der Waals surface area contributed by atoms with E-state index < -0.39 is 13.2 Å². The Morgan fingerprint density at radius 3 is 2.20 bits per heavy atom. The highest BCUT2D eigenvalue weighted by molar-refractivity contribution is 6.74. The summed E-state index contributed by atoms with van der Waals surface area (Å²) in [5.74, 6) is 0. The van der Waals surface area contributed by atoms with Gasteiger partial charge in [-0.1, -0.05) is 20.8 Å². The van der Waals surface area contributed by atoms with Gasteiger partial charge in [-0.15, -0.1) is 0 Å². The van der Waals surface area contributed by atoms with Crippen LogP contribution in [0.3, 0.4) is 0 Å². The van der Waals surface area contributed by atoms with Gasteiger partial charge in [0, 0.05) is 6.54 Å². The van der Waals surface area contributed by atoms with E-state index in [1.54, 1.807) is 6.92 Å². The van der Waals surface area contributed by atoms with Crippen LogP contribution in [-0.4, -0.2) is 32.1 Å². The molecule has 0 aliphatic heterocycles. The highest BCUT2D eigenvalue weighted by Gasteiger charge is 2.36. The summed E-state index contributed by atoms with van der Waals surface area (Å²) in [6, 6.07) is 0. The minimum atomic E-state index is -1.78. The normalized spacial score (nSPS) is 13.8. The van der Waals surface area contributed by atoms with Gasteiger partial charge in [-0.05, 0) is 32.0 Å². The summed E-state index contributed by atoms with van der Waals surface area (Å²) in [7, 11) is -1.78. The van der Waals surface area contributed by atoms with Gasteiger partial charge in [0.15, 0.2) is 8.32 Å². The van der Waals surface area contributed by atoms with Crippen molar-refractivity contribution < 1.29 is 9.35 Å². The summed E-state index contributed by atoms with van der Waals surface area (Å²) in [4.78, 5) is 10.3. The topological polar surface area (TPSA) is 88.2 Å². The fourth-order valence-corrected chi connectivity index (χ4v) is 2.45. The molecule has 2 N–H and O–H groups in total. The van der Waals surface area contributed by atoms with Crippen LogP contribution in [0, 0.1) is 15.5 Å². The molecule has 0 atom stereocenters. The molecule has 20 heavy (non-hydrogen) atoms. The summed E-state index contributed by atoms with van der Waals surface area (Å²) in [5.41, 5.74) is 0.184. The second kappa shape index (κ2) is 6.99. The zero-order valence-electron chi connectivity index (χ0n) is 13.6. The minimum absolute atomic E-state index is 0.0506. The van der Waals surface area contributed by atoms with Gasteiger partial charge in [0.2, 0.25) is 0 Å². The lowest BCUT2D eigenvalue weighted by Gasteiger charge is -2.36. The van der Waals surface area contributed by atoms with E-state index in [0.717, 1.165) is 0 Å². The van der Waals surface area contributed by atoms with Crippen molar-refractivity contribution in [1.29, 1.82) is 5.41 Å². The van der Waals surface area contributed by atoms with Crippen molar-refractivity contribution >= 4 is 14.0 Å². The Balaban J connectivity index is 4.49. The Hall–Kier alpha value is -1.21. The van der Waals surface area contributed by atoms with Gasteiger partial charge in [-0.3, -0.25) is 15.5 Å². The third kappa shape index (κ3) is 5.42. The maximum absolute atomic E-state index is 10.8. The lowest BCUT2D eigenvalue weighted by atomic mass is 10.2. The number of hydrogen-bond acceptors (Lipinski definition) is 5. The first kappa shape index (κ1) is 18.8. The van der Waals surface area contributed by atoms with Crippen LogP contribution in [-0.2, 0) is 4.43 Å². The highest BCUT2D eigenvalue weighted by Crippen LogP contribution is 2.36. The molecule has 0 radical (unpaired) electrons. The van der Waals surface area contributed by atoms with Gasteiger partial charge >= 0.3 is 5.70 Å². The standard InChI is InChI=1S/C13H27N3O3Si/c1-10(14)12(16(17)18)11(2)15-8-9-19-20(6,7)13(3,4)5/h14-15H,8-9H2,1-7H3/b12-11+,14-10?. The van der Waals surface area contributed by atoms with E-state index in [-0.39, 0.29) is 16.4 Å². The summed E-state index contributed by atoms with van der Waals surface area (Å²) < 4.78 is 5.98. The van der Waals surface area contributed by atoms with E-state index >= 15 is 0 Å². The van der Waals surface area contributed by atoms with Crippen LogP contribution in [0.2, 0.25) is 18.1 Å². The second-order valence-electron chi connectivity index (χ2n) is 6.39. The van der Waals surface area contributed by atoms with Crippen LogP contribution >= 0.6 is 0 Å². The number of allylic oxidation sites excluding steroid dienone is 2. The van der Waals surface area contributed by atoms with E-state index in [2.05, 4.69) is 39.2 Å². The molecular weight excluding hydrogens is 274 g/mol. The molecule has 0 aromatic carbocycles. The molecule has 0 aromatic rings. The summed E-state index contributed by atoms with van der Waals surface area (Å²) in [6.07, 6.45) is 0. The number of rotatable bonds is 7. The molecule has 0 saturated carbocycles. The molecule has 0 spiro atoms.